The fourth-order valence-corrected chi connectivity index (χ4v) is 2.73. The van der Waals surface area contributed by atoms with Gasteiger partial charge in [-0.1, -0.05) is 36.4 Å². The summed E-state index contributed by atoms with van der Waals surface area (Å²) in [6.45, 7) is 5.37. The van der Waals surface area contributed by atoms with Crippen LogP contribution >= 0.6 is 0 Å². The zero-order valence-corrected chi connectivity index (χ0v) is 14.7. The van der Waals surface area contributed by atoms with Crippen molar-refractivity contribution in [1.82, 2.24) is 20.4 Å². The van der Waals surface area contributed by atoms with Gasteiger partial charge in [0.05, 0.1) is 6.54 Å². The Bertz CT molecular complexity index is 808. The van der Waals surface area contributed by atoms with Crippen molar-refractivity contribution in [3.05, 3.63) is 66.5 Å². The molecule has 0 atom stereocenters. The lowest BCUT2D eigenvalue weighted by Gasteiger charge is -2.11. The summed E-state index contributed by atoms with van der Waals surface area (Å²) in [5.74, 6) is 0.858. The van der Waals surface area contributed by atoms with Gasteiger partial charge >= 0.3 is 0 Å². The van der Waals surface area contributed by atoms with Crippen molar-refractivity contribution in [2.45, 2.75) is 26.4 Å². The molecule has 0 spiro atoms. The third-order valence-electron chi connectivity index (χ3n) is 3.99. The van der Waals surface area contributed by atoms with E-state index in [1.807, 2.05) is 23.1 Å². The molecule has 5 nitrogen and oxygen atoms in total. The smallest absolute Gasteiger partial charge is 0.191 e. The van der Waals surface area contributed by atoms with E-state index < -0.39 is 0 Å². The molecule has 0 radical (unpaired) electrons. The molecular weight excluding hydrogens is 310 g/mol. The van der Waals surface area contributed by atoms with Crippen LogP contribution in [-0.4, -0.2) is 28.8 Å². The fourth-order valence-electron chi connectivity index (χ4n) is 2.73. The Morgan fingerprint density at radius 1 is 1.08 bits per heavy atom. The van der Waals surface area contributed by atoms with E-state index in [9.17, 15) is 0 Å². The predicted molar refractivity (Wildman–Crippen MR) is 104 cm³/mol. The van der Waals surface area contributed by atoms with Crippen LogP contribution in [0.25, 0.3) is 10.8 Å². The Hall–Kier alpha value is -2.82. The fraction of sp³-hybridized carbons (Fsp3) is 0.300. The van der Waals surface area contributed by atoms with Gasteiger partial charge in [0, 0.05) is 32.0 Å². The van der Waals surface area contributed by atoms with Crippen molar-refractivity contribution >= 4 is 16.7 Å². The molecule has 0 aliphatic heterocycles. The maximum atomic E-state index is 4.70. The van der Waals surface area contributed by atoms with Gasteiger partial charge in [0.2, 0.25) is 0 Å². The van der Waals surface area contributed by atoms with Crippen molar-refractivity contribution in [3.63, 3.8) is 0 Å². The Kier molecular flexibility index (Phi) is 6.04. The number of hydrogen-bond acceptors (Lipinski definition) is 2. The molecule has 2 aromatic carbocycles. The second kappa shape index (κ2) is 8.87. The summed E-state index contributed by atoms with van der Waals surface area (Å²) >= 11 is 0. The largest absolute Gasteiger partial charge is 0.357 e. The number of fused-ring (bicyclic) bond motifs is 1. The number of rotatable bonds is 7. The van der Waals surface area contributed by atoms with Crippen LogP contribution in [0.1, 0.15) is 18.9 Å². The third kappa shape index (κ3) is 5.08. The number of benzene rings is 2. The van der Waals surface area contributed by atoms with Gasteiger partial charge in [0.1, 0.15) is 0 Å². The van der Waals surface area contributed by atoms with Crippen LogP contribution in [0.3, 0.4) is 0 Å². The van der Waals surface area contributed by atoms with Gasteiger partial charge in [-0.25, -0.2) is 4.99 Å². The SMILES string of the molecule is CCNC(=NCc1ccc2ccccc2c1)NCCCn1cccn1. The van der Waals surface area contributed by atoms with E-state index in [1.54, 1.807) is 0 Å². The molecule has 1 aromatic heterocycles. The first-order valence-corrected chi connectivity index (χ1v) is 8.82. The van der Waals surface area contributed by atoms with E-state index in [0.29, 0.717) is 6.54 Å². The van der Waals surface area contributed by atoms with E-state index in [-0.39, 0.29) is 0 Å². The molecule has 130 valence electrons. The van der Waals surface area contributed by atoms with Gasteiger partial charge in [-0.3, -0.25) is 4.68 Å². The molecule has 3 rings (SSSR count). The minimum atomic E-state index is 0.666. The van der Waals surface area contributed by atoms with Crippen LogP contribution in [0.2, 0.25) is 0 Å². The summed E-state index contributed by atoms with van der Waals surface area (Å²) < 4.78 is 1.95. The molecule has 1 heterocycles. The Morgan fingerprint density at radius 3 is 2.76 bits per heavy atom. The number of hydrogen-bond donors (Lipinski definition) is 2. The van der Waals surface area contributed by atoms with E-state index in [4.69, 9.17) is 4.99 Å². The molecule has 3 aromatic rings. The van der Waals surface area contributed by atoms with Gasteiger partial charge < -0.3 is 10.6 Å². The van der Waals surface area contributed by atoms with Crippen LogP contribution in [0.4, 0.5) is 0 Å². The molecular formula is C20H25N5. The molecule has 0 fully saturated rings. The average Bonchev–Trinajstić information content (AvgIpc) is 3.16. The van der Waals surface area contributed by atoms with Crippen LogP contribution in [0.15, 0.2) is 65.9 Å². The lowest BCUT2D eigenvalue weighted by atomic mass is 10.1. The number of nitrogens with zero attached hydrogens (tertiary/aromatic N) is 3. The highest BCUT2D eigenvalue weighted by Crippen LogP contribution is 2.16. The van der Waals surface area contributed by atoms with E-state index in [2.05, 4.69) is 65.1 Å². The summed E-state index contributed by atoms with van der Waals surface area (Å²) in [6, 6.07) is 16.9. The molecule has 25 heavy (non-hydrogen) atoms. The molecule has 0 aliphatic carbocycles. The molecule has 0 amide bonds. The summed E-state index contributed by atoms with van der Waals surface area (Å²) in [6.07, 6.45) is 4.80. The van der Waals surface area contributed by atoms with Crippen LogP contribution in [0.5, 0.6) is 0 Å². The average molecular weight is 335 g/mol. The molecule has 2 N–H and O–H groups in total. The number of aryl methyl sites for hydroxylation is 1. The lowest BCUT2D eigenvalue weighted by Crippen LogP contribution is -2.38. The highest BCUT2D eigenvalue weighted by Gasteiger charge is 1.99. The Balaban J connectivity index is 1.54. The van der Waals surface area contributed by atoms with Gasteiger partial charge in [0.25, 0.3) is 0 Å². The van der Waals surface area contributed by atoms with Gasteiger partial charge in [0.15, 0.2) is 5.96 Å². The molecule has 5 heteroatoms. The Labute approximate surface area is 148 Å². The zero-order valence-electron chi connectivity index (χ0n) is 14.7. The second-order valence-corrected chi connectivity index (χ2v) is 5.93. The molecule has 0 aliphatic rings. The zero-order chi connectivity index (χ0) is 17.3. The molecule has 0 bridgehead atoms. The normalized spacial score (nSPS) is 11.6. The van der Waals surface area contributed by atoms with Crippen molar-refractivity contribution in [3.8, 4) is 0 Å². The highest BCUT2D eigenvalue weighted by atomic mass is 15.3. The van der Waals surface area contributed by atoms with Gasteiger partial charge in [-0.2, -0.15) is 5.10 Å². The maximum Gasteiger partial charge on any atom is 0.191 e. The number of aliphatic imine (C=N–C) groups is 1. The summed E-state index contributed by atoms with van der Waals surface area (Å²) in [4.78, 5) is 4.70. The predicted octanol–water partition coefficient (Wildman–Crippen LogP) is 3.18. The number of nitrogens with one attached hydrogen (secondary N) is 2. The first kappa shape index (κ1) is 17.0. The first-order valence-electron chi connectivity index (χ1n) is 8.82. The standard InChI is InChI=1S/C20H25N5/c1-2-21-20(22-11-5-13-25-14-6-12-24-25)23-16-17-9-10-18-7-3-4-8-19(18)15-17/h3-4,6-10,12,14-15H,2,5,11,13,16H2,1H3,(H2,21,22,23). The Morgan fingerprint density at radius 2 is 1.96 bits per heavy atom. The first-order chi connectivity index (χ1) is 12.3. The van der Waals surface area contributed by atoms with Crippen LogP contribution in [0, 0.1) is 0 Å². The summed E-state index contributed by atoms with van der Waals surface area (Å²) in [7, 11) is 0. The third-order valence-corrected chi connectivity index (χ3v) is 3.99. The minimum absolute atomic E-state index is 0.666. The van der Waals surface area contributed by atoms with Gasteiger partial charge in [-0.05, 0) is 41.8 Å². The van der Waals surface area contributed by atoms with Gasteiger partial charge in [-0.15, -0.1) is 0 Å². The van der Waals surface area contributed by atoms with Crippen molar-refractivity contribution < 1.29 is 0 Å². The van der Waals surface area contributed by atoms with E-state index >= 15 is 0 Å². The summed E-state index contributed by atoms with van der Waals surface area (Å²) in [5, 5.41) is 13.4. The van der Waals surface area contributed by atoms with Crippen molar-refractivity contribution in [2.24, 2.45) is 4.99 Å². The quantitative estimate of drug-likeness (QED) is 0.396. The summed E-state index contributed by atoms with van der Waals surface area (Å²) in [5.41, 5.74) is 1.22. The van der Waals surface area contributed by atoms with Crippen LogP contribution < -0.4 is 10.6 Å². The minimum Gasteiger partial charge on any atom is -0.357 e. The number of guanidine groups is 1. The van der Waals surface area contributed by atoms with Crippen molar-refractivity contribution in [2.75, 3.05) is 13.1 Å². The van der Waals surface area contributed by atoms with Crippen molar-refractivity contribution in [1.29, 1.82) is 0 Å². The molecule has 0 saturated heterocycles. The topological polar surface area (TPSA) is 54.2 Å². The monoisotopic (exact) mass is 335 g/mol. The second-order valence-electron chi connectivity index (χ2n) is 5.93. The van der Waals surface area contributed by atoms with E-state index in [0.717, 1.165) is 32.0 Å². The van der Waals surface area contributed by atoms with E-state index in [1.165, 1.54) is 16.3 Å². The molecule has 0 unspecified atom stereocenters. The van der Waals surface area contributed by atoms with Crippen LogP contribution in [-0.2, 0) is 13.1 Å². The molecule has 0 saturated carbocycles. The highest BCUT2D eigenvalue weighted by molar-refractivity contribution is 5.83. The maximum absolute atomic E-state index is 4.70. The number of aromatic nitrogens is 2. The lowest BCUT2D eigenvalue weighted by molar-refractivity contribution is 0.570.